The van der Waals surface area contributed by atoms with E-state index in [4.69, 9.17) is 14.2 Å². The van der Waals surface area contributed by atoms with Gasteiger partial charge in [0.1, 0.15) is 11.4 Å². The van der Waals surface area contributed by atoms with Crippen LogP contribution in [-0.4, -0.2) is 49.5 Å². The number of carbonyl (C=O) groups excluding carboxylic acids is 1. The number of ether oxygens (including phenoxy) is 3. The van der Waals surface area contributed by atoms with Crippen molar-refractivity contribution in [2.24, 2.45) is 0 Å². The average Bonchev–Trinajstić information content (AvgIpc) is 3.05. The van der Waals surface area contributed by atoms with Crippen LogP contribution in [0.25, 0.3) is 10.9 Å². The number of hydrogen-bond donors (Lipinski definition) is 2. The zero-order valence-electron chi connectivity index (χ0n) is 14.5. The van der Waals surface area contributed by atoms with E-state index in [-0.39, 0.29) is 17.6 Å². The third-order valence-corrected chi connectivity index (χ3v) is 5.30. The number of H-pyrrole nitrogens is 1. The van der Waals surface area contributed by atoms with Crippen LogP contribution in [0, 0.1) is 0 Å². The van der Waals surface area contributed by atoms with Crippen LogP contribution < -0.4 is 10.1 Å². The lowest BCUT2D eigenvalue weighted by Gasteiger charge is -2.43. The van der Waals surface area contributed by atoms with E-state index in [1.165, 1.54) is 0 Å². The Morgan fingerprint density at radius 1 is 1.28 bits per heavy atom. The topological polar surface area (TPSA) is 72.6 Å². The van der Waals surface area contributed by atoms with Crippen LogP contribution in [0.1, 0.15) is 36.2 Å². The van der Waals surface area contributed by atoms with Gasteiger partial charge in [0.25, 0.3) is 5.91 Å². The van der Waals surface area contributed by atoms with Gasteiger partial charge < -0.3 is 24.5 Å². The molecule has 1 aromatic heterocycles. The maximum absolute atomic E-state index is 12.7. The third-order valence-electron chi connectivity index (χ3n) is 5.30. The standard InChI is InChI=1S/C19H24N2O4/c1-23-15-2-3-16-13(10-15)11-17(21-16)18(22)20-14-4-7-25-19(12-14)5-8-24-9-6-19/h2-3,10-11,14,21H,4-9,12H2,1H3,(H,20,22). The number of hydrogen-bond acceptors (Lipinski definition) is 4. The van der Waals surface area contributed by atoms with Crippen molar-refractivity contribution in [3.05, 3.63) is 30.0 Å². The molecule has 134 valence electrons. The first-order valence-corrected chi connectivity index (χ1v) is 8.87. The molecule has 1 aromatic carbocycles. The number of rotatable bonds is 3. The van der Waals surface area contributed by atoms with Crippen molar-refractivity contribution in [1.82, 2.24) is 10.3 Å². The first-order chi connectivity index (χ1) is 12.2. The van der Waals surface area contributed by atoms with Gasteiger partial charge in [0, 0.05) is 36.8 Å². The SMILES string of the molecule is COc1ccc2[nH]c(C(=O)NC3CCOC4(CCOCC4)C3)cc2c1. The Morgan fingerprint density at radius 3 is 2.92 bits per heavy atom. The Labute approximate surface area is 146 Å². The molecule has 2 aliphatic rings. The van der Waals surface area contributed by atoms with Gasteiger partial charge >= 0.3 is 0 Å². The molecule has 1 spiro atoms. The summed E-state index contributed by atoms with van der Waals surface area (Å²) in [6.07, 6.45) is 3.52. The van der Waals surface area contributed by atoms with E-state index >= 15 is 0 Å². The minimum Gasteiger partial charge on any atom is -0.497 e. The van der Waals surface area contributed by atoms with E-state index in [9.17, 15) is 4.79 Å². The highest BCUT2D eigenvalue weighted by Crippen LogP contribution is 2.34. The monoisotopic (exact) mass is 344 g/mol. The van der Waals surface area contributed by atoms with Gasteiger partial charge in [0.05, 0.1) is 12.7 Å². The Balaban J connectivity index is 1.46. The summed E-state index contributed by atoms with van der Waals surface area (Å²) >= 11 is 0. The summed E-state index contributed by atoms with van der Waals surface area (Å²) < 4.78 is 16.7. The summed E-state index contributed by atoms with van der Waals surface area (Å²) in [6.45, 7) is 2.17. The number of nitrogens with one attached hydrogen (secondary N) is 2. The van der Waals surface area contributed by atoms with E-state index in [2.05, 4.69) is 10.3 Å². The number of benzene rings is 1. The van der Waals surface area contributed by atoms with Crippen LogP contribution in [0.3, 0.4) is 0 Å². The molecule has 2 aliphatic heterocycles. The predicted octanol–water partition coefficient (Wildman–Crippen LogP) is 2.63. The highest BCUT2D eigenvalue weighted by atomic mass is 16.5. The highest BCUT2D eigenvalue weighted by Gasteiger charge is 2.39. The predicted molar refractivity (Wildman–Crippen MR) is 94.1 cm³/mol. The number of fused-ring (bicyclic) bond motifs is 1. The molecule has 4 rings (SSSR count). The number of amides is 1. The van der Waals surface area contributed by atoms with Gasteiger partial charge in [-0.15, -0.1) is 0 Å². The fourth-order valence-corrected chi connectivity index (χ4v) is 3.87. The maximum Gasteiger partial charge on any atom is 0.267 e. The number of carbonyl (C=O) groups is 1. The maximum atomic E-state index is 12.7. The summed E-state index contributed by atoms with van der Waals surface area (Å²) in [4.78, 5) is 15.9. The van der Waals surface area contributed by atoms with E-state index in [1.54, 1.807) is 7.11 Å². The second-order valence-electron chi connectivity index (χ2n) is 6.94. The van der Waals surface area contributed by atoms with Crippen molar-refractivity contribution >= 4 is 16.8 Å². The summed E-state index contributed by atoms with van der Waals surface area (Å²) in [5.74, 6) is 0.716. The minimum atomic E-state index is -0.123. The van der Waals surface area contributed by atoms with Gasteiger partial charge in [0.2, 0.25) is 0 Å². The lowest BCUT2D eigenvalue weighted by molar-refractivity contribution is -0.139. The molecule has 2 fully saturated rings. The Morgan fingerprint density at radius 2 is 2.12 bits per heavy atom. The zero-order chi connectivity index (χ0) is 17.3. The summed E-state index contributed by atoms with van der Waals surface area (Å²) in [5.41, 5.74) is 1.39. The van der Waals surface area contributed by atoms with Gasteiger partial charge in [-0.1, -0.05) is 0 Å². The third kappa shape index (κ3) is 3.37. The molecular weight excluding hydrogens is 320 g/mol. The molecule has 1 amide bonds. The van der Waals surface area contributed by atoms with Crippen molar-refractivity contribution in [2.75, 3.05) is 26.9 Å². The molecule has 1 atom stereocenters. The summed E-state index contributed by atoms with van der Waals surface area (Å²) in [5, 5.41) is 4.14. The Hall–Kier alpha value is -2.05. The van der Waals surface area contributed by atoms with Crippen molar-refractivity contribution in [3.63, 3.8) is 0 Å². The second-order valence-corrected chi connectivity index (χ2v) is 6.94. The smallest absolute Gasteiger partial charge is 0.267 e. The van der Waals surface area contributed by atoms with E-state index in [0.717, 1.165) is 55.5 Å². The fourth-order valence-electron chi connectivity index (χ4n) is 3.87. The van der Waals surface area contributed by atoms with E-state index in [0.29, 0.717) is 12.3 Å². The molecule has 25 heavy (non-hydrogen) atoms. The van der Waals surface area contributed by atoms with Crippen LogP contribution in [0.5, 0.6) is 5.75 Å². The van der Waals surface area contributed by atoms with Crippen LogP contribution in [0.15, 0.2) is 24.3 Å². The van der Waals surface area contributed by atoms with Crippen molar-refractivity contribution in [1.29, 1.82) is 0 Å². The quantitative estimate of drug-likeness (QED) is 0.898. The number of methoxy groups -OCH3 is 1. The normalized spacial score (nSPS) is 22.8. The summed E-state index contributed by atoms with van der Waals surface area (Å²) in [7, 11) is 1.64. The minimum absolute atomic E-state index is 0.0655. The zero-order valence-corrected chi connectivity index (χ0v) is 14.5. The van der Waals surface area contributed by atoms with Crippen molar-refractivity contribution in [2.45, 2.75) is 37.3 Å². The van der Waals surface area contributed by atoms with Gasteiger partial charge in [-0.25, -0.2) is 0 Å². The molecular formula is C19H24N2O4. The average molecular weight is 344 g/mol. The molecule has 6 heteroatoms. The van der Waals surface area contributed by atoms with E-state index in [1.807, 2.05) is 24.3 Å². The number of aromatic nitrogens is 1. The highest BCUT2D eigenvalue weighted by molar-refractivity contribution is 5.98. The molecule has 2 aromatic rings. The van der Waals surface area contributed by atoms with Gasteiger partial charge in [-0.2, -0.15) is 0 Å². The van der Waals surface area contributed by atoms with Crippen LogP contribution in [0.4, 0.5) is 0 Å². The Kier molecular flexibility index (Phi) is 4.39. The molecule has 3 heterocycles. The van der Waals surface area contributed by atoms with Gasteiger partial charge in [-0.05, 0) is 49.9 Å². The van der Waals surface area contributed by atoms with Crippen LogP contribution in [0.2, 0.25) is 0 Å². The fraction of sp³-hybridized carbons (Fsp3) is 0.526. The molecule has 2 saturated heterocycles. The van der Waals surface area contributed by atoms with Gasteiger partial charge in [-0.3, -0.25) is 4.79 Å². The second kappa shape index (κ2) is 6.69. The van der Waals surface area contributed by atoms with Crippen LogP contribution in [-0.2, 0) is 9.47 Å². The lowest BCUT2D eigenvalue weighted by Crippen LogP contribution is -2.51. The first-order valence-electron chi connectivity index (χ1n) is 8.87. The lowest BCUT2D eigenvalue weighted by atomic mass is 9.84. The van der Waals surface area contributed by atoms with Crippen molar-refractivity contribution < 1.29 is 19.0 Å². The van der Waals surface area contributed by atoms with E-state index < -0.39 is 0 Å². The molecule has 1 unspecified atom stereocenters. The molecule has 0 aliphatic carbocycles. The molecule has 6 nitrogen and oxygen atoms in total. The molecule has 2 N–H and O–H groups in total. The molecule has 0 saturated carbocycles. The van der Waals surface area contributed by atoms with Crippen molar-refractivity contribution in [3.8, 4) is 5.75 Å². The Bertz CT molecular complexity index is 758. The summed E-state index contributed by atoms with van der Waals surface area (Å²) in [6, 6.07) is 7.75. The molecule has 0 bridgehead atoms. The number of aromatic amines is 1. The largest absolute Gasteiger partial charge is 0.497 e. The van der Waals surface area contributed by atoms with Crippen LogP contribution >= 0.6 is 0 Å². The molecule has 0 radical (unpaired) electrons. The first kappa shape index (κ1) is 16.4. The van der Waals surface area contributed by atoms with Gasteiger partial charge in [0.15, 0.2) is 0 Å².